The lowest BCUT2D eigenvalue weighted by Gasteiger charge is -2.50. The standard InChI is InChI=1S/C16H24N2O2.2C2HF3O2/c1-19-13-16-6-2-10-20-15(16)5-9-18(12-16)11-14-3-7-17-8-4-14;2*3-2(4,5)1(6)7/h3-4,7-8,15H,2,5-6,9-13H2,1H3;2*(H,6,7). The molecule has 2 N–H and O–H groups in total. The molecule has 2 fully saturated rings. The van der Waals surface area contributed by atoms with Gasteiger partial charge in [0.25, 0.3) is 0 Å². The monoisotopic (exact) mass is 504 g/mol. The van der Waals surface area contributed by atoms with Gasteiger partial charge in [0.1, 0.15) is 0 Å². The van der Waals surface area contributed by atoms with Crippen molar-refractivity contribution < 1.29 is 55.6 Å². The van der Waals surface area contributed by atoms with Gasteiger partial charge in [0.2, 0.25) is 0 Å². The van der Waals surface area contributed by atoms with Crippen LogP contribution in [0.3, 0.4) is 0 Å². The Bertz CT molecular complexity index is 749. The zero-order chi connectivity index (χ0) is 26.0. The number of methoxy groups -OCH3 is 1. The van der Waals surface area contributed by atoms with E-state index in [0.29, 0.717) is 6.10 Å². The maximum absolute atomic E-state index is 10.6. The van der Waals surface area contributed by atoms with Gasteiger partial charge in [0.05, 0.1) is 12.7 Å². The van der Waals surface area contributed by atoms with Crippen molar-refractivity contribution in [2.45, 2.75) is 44.3 Å². The van der Waals surface area contributed by atoms with E-state index in [4.69, 9.17) is 29.3 Å². The Morgan fingerprint density at radius 2 is 1.68 bits per heavy atom. The number of rotatable bonds is 4. The molecular weight excluding hydrogens is 478 g/mol. The molecule has 0 bridgehead atoms. The van der Waals surface area contributed by atoms with Crippen LogP contribution in [0.25, 0.3) is 0 Å². The molecule has 2 aliphatic heterocycles. The number of pyridine rings is 1. The first-order valence-corrected chi connectivity index (χ1v) is 10.0. The van der Waals surface area contributed by atoms with Crippen molar-refractivity contribution >= 4 is 11.9 Å². The molecule has 8 nitrogen and oxygen atoms in total. The lowest BCUT2D eigenvalue weighted by atomic mass is 9.73. The largest absolute Gasteiger partial charge is 0.490 e. The van der Waals surface area contributed by atoms with Crippen molar-refractivity contribution in [1.29, 1.82) is 0 Å². The molecule has 2 unspecified atom stereocenters. The molecule has 14 heteroatoms. The summed E-state index contributed by atoms with van der Waals surface area (Å²) >= 11 is 0. The minimum absolute atomic E-state index is 0.193. The Morgan fingerprint density at radius 3 is 2.15 bits per heavy atom. The molecule has 34 heavy (non-hydrogen) atoms. The zero-order valence-corrected chi connectivity index (χ0v) is 18.2. The van der Waals surface area contributed by atoms with E-state index in [9.17, 15) is 26.3 Å². The number of hydrogen-bond acceptors (Lipinski definition) is 6. The predicted molar refractivity (Wildman–Crippen MR) is 105 cm³/mol. The fraction of sp³-hybridized carbons (Fsp3) is 0.650. The molecule has 2 saturated heterocycles. The summed E-state index contributed by atoms with van der Waals surface area (Å²) in [5, 5.41) is 14.2. The second-order valence-corrected chi connectivity index (χ2v) is 7.72. The maximum Gasteiger partial charge on any atom is 0.490 e. The number of carboxylic acid groups (broad SMARTS) is 2. The predicted octanol–water partition coefficient (Wildman–Crippen LogP) is 3.37. The Labute approximate surface area is 191 Å². The fourth-order valence-electron chi connectivity index (χ4n) is 3.76. The Kier molecular flexibility index (Phi) is 11.2. The Balaban J connectivity index is 0.000000343. The number of aromatic nitrogens is 1. The second kappa shape index (κ2) is 12.9. The van der Waals surface area contributed by atoms with Gasteiger partial charge >= 0.3 is 24.3 Å². The lowest BCUT2D eigenvalue weighted by Crippen LogP contribution is -2.56. The van der Waals surface area contributed by atoms with Crippen LogP contribution in [0, 0.1) is 5.41 Å². The minimum atomic E-state index is -5.08. The number of halogens is 6. The van der Waals surface area contributed by atoms with Crippen molar-refractivity contribution in [3.63, 3.8) is 0 Å². The number of alkyl halides is 6. The number of nitrogens with zero attached hydrogens (tertiary/aromatic N) is 2. The van der Waals surface area contributed by atoms with Crippen LogP contribution in [-0.4, -0.2) is 83.9 Å². The van der Waals surface area contributed by atoms with Crippen LogP contribution < -0.4 is 0 Å². The molecule has 0 aromatic carbocycles. The molecule has 3 heterocycles. The van der Waals surface area contributed by atoms with Crippen molar-refractivity contribution in [3.05, 3.63) is 30.1 Å². The van der Waals surface area contributed by atoms with Gasteiger partial charge in [0, 0.05) is 51.2 Å². The Morgan fingerprint density at radius 1 is 1.15 bits per heavy atom. The van der Waals surface area contributed by atoms with Gasteiger partial charge in [-0.25, -0.2) is 9.59 Å². The van der Waals surface area contributed by atoms with Gasteiger partial charge in [-0.15, -0.1) is 0 Å². The summed E-state index contributed by atoms with van der Waals surface area (Å²) in [6, 6.07) is 4.21. The van der Waals surface area contributed by atoms with Crippen molar-refractivity contribution in [3.8, 4) is 0 Å². The van der Waals surface area contributed by atoms with Crippen molar-refractivity contribution in [2.24, 2.45) is 5.41 Å². The van der Waals surface area contributed by atoms with Gasteiger partial charge in [0.15, 0.2) is 0 Å². The number of likely N-dealkylation sites (tertiary alicyclic amines) is 1. The highest BCUT2D eigenvalue weighted by molar-refractivity contribution is 5.73. The van der Waals surface area contributed by atoms with Gasteiger partial charge < -0.3 is 19.7 Å². The van der Waals surface area contributed by atoms with Crippen LogP contribution in [0.4, 0.5) is 26.3 Å². The van der Waals surface area contributed by atoms with E-state index in [0.717, 1.165) is 45.7 Å². The van der Waals surface area contributed by atoms with Crippen molar-refractivity contribution in [2.75, 3.05) is 33.4 Å². The molecule has 3 rings (SSSR count). The Hall–Kier alpha value is -2.45. The smallest absolute Gasteiger partial charge is 0.475 e. The van der Waals surface area contributed by atoms with Crippen LogP contribution in [0.2, 0.25) is 0 Å². The van der Waals surface area contributed by atoms with Gasteiger partial charge in [-0.3, -0.25) is 9.88 Å². The summed E-state index contributed by atoms with van der Waals surface area (Å²) in [7, 11) is 1.81. The number of hydrogen-bond donors (Lipinski definition) is 2. The summed E-state index contributed by atoms with van der Waals surface area (Å²) in [5.74, 6) is -5.51. The molecule has 0 aliphatic carbocycles. The highest BCUT2D eigenvalue weighted by atomic mass is 19.4. The summed E-state index contributed by atoms with van der Waals surface area (Å²) in [5.41, 5.74) is 1.53. The van der Waals surface area contributed by atoms with E-state index in [1.165, 1.54) is 12.0 Å². The average molecular weight is 504 g/mol. The molecule has 0 radical (unpaired) electrons. The molecule has 1 aromatic rings. The molecule has 2 atom stereocenters. The quantitative estimate of drug-likeness (QED) is 0.601. The number of fused-ring (bicyclic) bond motifs is 1. The average Bonchev–Trinajstić information content (AvgIpc) is 2.74. The second-order valence-electron chi connectivity index (χ2n) is 7.72. The first kappa shape index (κ1) is 29.6. The van der Waals surface area contributed by atoms with E-state index in [2.05, 4.69) is 22.0 Å². The number of piperidine rings is 1. The van der Waals surface area contributed by atoms with E-state index in [-0.39, 0.29) is 5.41 Å². The van der Waals surface area contributed by atoms with Crippen molar-refractivity contribution in [1.82, 2.24) is 9.88 Å². The molecule has 0 spiro atoms. The molecule has 194 valence electrons. The molecular formula is C20H26F6N2O6. The first-order chi connectivity index (χ1) is 15.7. The third-order valence-corrected chi connectivity index (χ3v) is 5.14. The normalized spacial score (nSPS) is 22.9. The van der Waals surface area contributed by atoms with E-state index in [1.54, 1.807) is 0 Å². The molecule has 0 saturated carbocycles. The maximum atomic E-state index is 10.6. The van der Waals surface area contributed by atoms with Gasteiger partial charge in [-0.1, -0.05) is 0 Å². The fourth-order valence-corrected chi connectivity index (χ4v) is 3.76. The summed E-state index contributed by atoms with van der Waals surface area (Å²) in [6.07, 6.45) is -2.55. The van der Waals surface area contributed by atoms with Gasteiger partial charge in [-0.05, 0) is 37.0 Å². The van der Waals surface area contributed by atoms with Crippen LogP contribution in [-0.2, 0) is 25.6 Å². The topological polar surface area (TPSA) is 109 Å². The van der Waals surface area contributed by atoms with E-state index < -0.39 is 24.3 Å². The lowest BCUT2D eigenvalue weighted by molar-refractivity contribution is -0.193. The molecule has 0 amide bonds. The van der Waals surface area contributed by atoms with Crippen LogP contribution >= 0.6 is 0 Å². The van der Waals surface area contributed by atoms with Crippen LogP contribution in [0.5, 0.6) is 0 Å². The first-order valence-electron chi connectivity index (χ1n) is 10.0. The van der Waals surface area contributed by atoms with E-state index in [1.807, 2.05) is 19.5 Å². The SMILES string of the molecule is COCC12CCCOC1CCN(Cc1ccncc1)C2.O=C(O)C(F)(F)F.O=C(O)C(F)(F)F. The minimum Gasteiger partial charge on any atom is -0.475 e. The summed E-state index contributed by atoms with van der Waals surface area (Å²) in [6.45, 7) is 4.91. The molecule has 1 aromatic heterocycles. The summed E-state index contributed by atoms with van der Waals surface area (Å²) < 4.78 is 75.0. The van der Waals surface area contributed by atoms with Crippen LogP contribution in [0.15, 0.2) is 24.5 Å². The van der Waals surface area contributed by atoms with E-state index >= 15 is 0 Å². The zero-order valence-electron chi connectivity index (χ0n) is 18.2. The van der Waals surface area contributed by atoms with Crippen LogP contribution in [0.1, 0.15) is 24.8 Å². The number of carboxylic acids is 2. The number of aliphatic carboxylic acids is 2. The highest BCUT2D eigenvalue weighted by Crippen LogP contribution is 2.40. The third kappa shape index (κ3) is 9.81. The number of ether oxygens (including phenoxy) is 2. The number of carbonyl (C=O) groups is 2. The summed E-state index contributed by atoms with van der Waals surface area (Å²) in [4.78, 5) is 24.4. The highest BCUT2D eigenvalue weighted by Gasteiger charge is 2.45. The molecule has 2 aliphatic rings. The van der Waals surface area contributed by atoms with Gasteiger partial charge in [-0.2, -0.15) is 26.3 Å². The third-order valence-electron chi connectivity index (χ3n) is 5.14.